The van der Waals surface area contributed by atoms with E-state index in [1.165, 1.54) is 11.3 Å². The predicted octanol–water partition coefficient (Wildman–Crippen LogP) is 1.86. The molecule has 1 fully saturated rings. The summed E-state index contributed by atoms with van der Waals surface area (Å²) in [5.74, 6) is 1.23. The van der Waals surface area contributed by atoms with Gasteiger partial charge in [0, 0.05) is 26.2 Å². The van der Waals surface area contributed by atoms with Gasteiger partial charge in [0.2, 0.25) is 0 Å². The smallest absolute Gasteiger partial charge is 0.269 e. The third-order valence-corrected chi connectivity index (χ3v) is 4.18. The van der Waals surface area contributed by atoms with Crippen molar-refractivity contribution in [1.82, 2.24) is 20.4 Å². The van der Waals surface area contributed by atoms with E-state index in [-0.39, 0.29) is 0 Å². The third-order valence-electron chi connectivity index (χ3n) is 2.85. The van der Waals surface area contributed by atoms with Gasteiger partial charge < -0.3 is 9.84 Å². The van der Waals surface area contributed by atoms with Crippen LogP contribution < -0.4 is 5.32 Å². The average molecular weight is 285 g/mol. The van der Waals surface area contributed by atoms with Crippen LogP contribution in [-0.2, 0) is 6.54 Å². The van der Waals surface area contributed by atoms with Crippen molar-refractivity contribution in [2.45, 2.75) is 6.54 Å². The molecule has 2 aromatic heterocycles. The van der Waals surface area contributed by atoms with E-state index >= 15 is 0 Å². The van der Waals surface area contributed by atoms with Crippen molar-refractivity contribution in [2.24, 2.45) is 0 Å². The molecule has 2 aromatic rings. The molecule has 0 radical (unpaired) electrons. The number of rotatable bonds is 3. The molecule has 0 spiro atoms. The quantitative estimate of drug-likeness (QED) is 0.932. The summed E-state index contributed by atoms with van der Waals surface area (Å²) in [7, 11) is 0. The Hall–Kier alpha value is -0.950. The molecular weight excluding hydrogens is 272 g/mol. The predicted molar refractivity (Wildman–Crippen MR) is 70.8 cm³/mol. The molecule has 1 saturated heterocycles. The van der Waals surface area contributed by atoms with Gasteiger partial charge in [-0.3, -0.25) is 4.90 Å². The summed E-state index contributed by atoms with van der Waals surface area (Å²) < 4.78 is 5.25. The molecule has 7 heteroatoms. The summed E-state index contributed by atoms with van der Waals surface area (Å²) >= 11 is 7.55. The molecule has 96 valence electrons. The van der Waals surface area contributed by atoms with Crippen LogP contribution in [0.4, 0.5) is 0 Å². The summed E-state index contributed by atoms with van der Waals surface area (Å²) in [5, 5.41) is 9.90. The molecule has 0 bridgehead atoms. The van der Waals surface area contributed by atoms with E-state index in [2.05, 4.69) is 20.4 Å². The Bertz CT molecular complexity index is 521. The fourth-order valence-electron chi connectivity index (χ4n) is 1.93. The Kier molecular flexibility index (Phi) is 3.60. The minimum atomic E-state index is 0.514. The second-order valence-corrected chi connectivity index (χ2v) is 5.46. The van der Waals surface area contributed by atoms with Crippen LogP contribution in [0.2, 0.25) is 5.02 Å². The SMILES string of the molecule is Clc1ccsc1-c1nc(CN2CCNCC2)no1. The van der Waals surface area contributed by atoms with E-state index in [4.69, 9.17) is 16.1 Å². The third kappa shape index (κ3) is 2.56. The summed E-state index contributed by atoms with van der Waals surface area (Å²) in [5.41, 5.74) is 0. The molecule has 0 aromatic carbocycles. The van der Waals surface area contributed by atoms with E-state index in [1.54, 1.807) is 0 Å². The second-order valence-electron chi connectivity index (χ2n) is 4.14. The van der Waals surface area contributed by atoms with Crippen LogP contribution in [0.25, 0.3) is 10.8 Å². The zero-order valence-electron chi connectivity index (χ0n) is 9.73. The largest absolute Gasteiger partial charge is 0.333 e. The van der Waals surface area contributed by atoms with Gasteiger partial charge in [0.25, 0.3) is 5.89 Å². The number of halogens is 1. The van der Waals surface area contributed by atoms with E-state index in [9.17, 15) is 0 Å². The number of hydrogen-bond donors (Lipinski definition) is 1. The molecule has 0 amide bonds. The van der Waals surface area contributed by atoms with Crippen molar-refractivity contribution in [3.05, 3.63) is 22.3 Å². The first-order chi connectivity index (χ1) is 8.83. The van der Waals surface area contributed by atoms with E-state index in [0.29, 0.717) is 10.9 Å². The monoisotopic (exact) mass is 284 g/mol. The maximum absolute atomic E-state index is 6.04. The lowest BCUT2D eigenvalue weighted by Crippen LogP contribution is -2.43. The van der Waals surface area contributed by atoms with Crippen LogP contribution in [0, 0.1) is 0 Å². The van der Waals surface area contributed by atoms with Gasteiger partial charge in [-0.25, -0.2) is 0 Å². The maximum atomic E-state index is 6.04. The fraction of sp³-hybridized carbons (Fsp3) is 0.455. The zero-order valence-corrected chi connectivity index (χ0v) is 11.3. The van der Waals surface area contributed by atoms with Crippen molar-refractivity contribution in [2.75, 3.05) is 26.2 Å². The van der Waals surface area contributed by atoms with Crippen LogP contribution >= 0.6 is 22.9 Å². The molecule has 0 aliphatic carbocycles. The molecule has 0 saturated carbocycles. The van der Waals surface area contributed by atoms with Crippen molar-refractivity contribution in [3.63, 3.8) is 0 Å². The van der Waals surface area contributed by atoms with Crippen molar-refractivity contribution < 1.29 is 4.52 Å². The first-order valence-corrected chi connectivity index (χ1v) is 7.08. The molecule has 3 heterocycles. The van der Waals surface area contributed by atoms with Crippen LogP contribution in [0.1, 0.15) is 5.82 Å². The number of nitrogens with zero attached hydrogens (tertiary/aromatic N) is 3. The Balaban J connectivity index is 1.71. The standard InChI is InChI=1S/C11H13ClN4OS/c12-8-1-6-18-10(8)11-14-9(15-17-11)7-16-4-2-13-3-5-16/h1,6,13H,2-5,7H2. The van der Waals surface area contributed by atoms with E-state index in [1.807, 2.05) is 11.4 Å². The Morgan fingerprint density at radius 2 is 2.28 bits per heavy atom. The van der Waals surface area contributed by atoms with Crippen molar-refractivity contribution in [1.29, 1.82) is 0 Å². The summed E-state index contributed by atoms with van der Waals surface area (Å²) in [6.07, 6.45) is 0. The minimum Gasteiger partial charge on any atom is -0.333 e. The fourth-order valence-corrected chi connectivity index (χ4v) is 2.98. The molecule has 5 nitrogen and oxygen atoms in total. The van der Waals surface area contributed by atoms with Crippen molar-refractivity contribution >= 4 is 22.9 Å². The average Bonchev–Trinajstić information content (AvgIpc) is 2.99. The first-order valence-electron chi connectivity index (χ1n) is 5.82. The highest BCUT2D eigenvalue weighted by molar-refractivity contribution is 7.14. The Labute approximate surface area is 114 Å². The van der Waals surface area contributed by atoms with Crippen LogP contribution in [-0.4, -0.2) is 41.2 Å². The number of hydrogen-bond acceptors (Lipinski definition) is 6. The highest BCUT2D eigenvalue weighted by Gasteiger charge is 2.16. The van der Waals surface area contributed by atoms with Crippen LogP contribution in [0.5, 0.6) is 0 Å². The van der Waals surface area contributed by atoms with Gasteiger partial charge in [-0.2, -0.15) is 4.98 Å². The number of nitrogens with one attached hydrogen (secondary N) is 1. The van der Waals surface area contributed by atoms with E-state index in [0.717, 1.165) is 43.4 Å². The molecule has 3 rings (SSSR count). The normalized spacial score (nSPS) is 17.2. The molecule has 18 heavy (non-hydrogen) atoms. The Morgan fingerprint density at radius 3 is 3.00 bits per heavy atom. The van der Waals surface area contributed by atoms with Gasteiger partial charge in [0.1, 0.15) is 4.88 Å². The van der Waals surface area contributed by atoms with Gasteiger partial charge in [-0.15, -0.1) is 11.3 Å². The summed E-state index contributed by atoms with van der Waals surface area (Å²) in [6, 6.07) is 1.84. The molecule has 0 unspecified atom stereocenters. The molecule has 1 N–H and O–H groups in total. The second kappa shape index (κ2) is 5.36. The van der Waals surface area contributed by atoms with E-state index < -0.39 is 0 Å². The lowest BCUT2D eigenvalue weighted by molar-refractivity contribution is 0.225. The molecule has 0 atom stereocenters. The summed E-state index contributed by atoms with van der Waals surface area (Å²) in [4.78, 5) is 7.54. The number of aromatic nitrogens is 2. The first kappa shape index (κ1) is 12.1. The maximum Gasteiger partial charge on any atom is 0.269 e. The van der Waals surface area contributed by atoms with Crippen LogP contribution in [0.15, 0.2) is 16.0 Å². The highest BCUT2D eigenvalue weighted by Crippen LogP contribution is 2.31. The van der Waals surface area contributed by atoms with Gasteiger partial charge in [0.05, 0.1) is 11.6 Å². The van der Waals surface area contributed by atoms with Gasteiger partial charge in [0.15, 0.2) is 5.82 Å². The topological polar surface area (TPSA) is 54.2 Å². The molecule has 1 aliphatic heterocycles. The molecular formula is C11H13ClN4OS. The van der Waals surface area contributed by atoms with Gasteiger partial charge >= 0.3 is 0 Å². The highest BCUT2D eigenvalue weighted by atomic mass is 35.5. The summed E-state index contributed by atoms with van der Waals surface area (Å²) in [6.45, 7) is 4.80. The molecule has 1 aliphatic rings. The number of piperazine rings is 1. The number of thiophene rings is 1. The Morgan fingerprint density at radius 1 is 1.44 bits per heavy atom. The van der Waals surface area contributed by atoms with Gasteiger partial charge in [-0.1, -0.05) is 16.8 Å². The minimum absolute atomic E-state index is 0.514. The van der Waals surface area contributed by atoms with Crippen LogP contribution in [0.3, 0.4) is 0 Å². The van der Waals surface area contributed by atoms with Gasteiger partial charge in [-0.05, 0) is 11.4 Å². The zero-order chi connectivity index (χ0) is 12.4. The lowest BCUT2D eigenvalue weighted by atomic mass is 10.3. The lowest BCUT2D eigenvalue weighted by Gasteiger charge is -2.25. The van der Waals surface area contributed by atoms with Crippen molar-refractivity contribution in [3.8, 4) is 10.8 Å².